The average Bonchev–Trinajstić information content (AvgIpc) is 3.00. The van der Waals surface area contributed by atoms with Gasteiger partial charge < -0.3 is 9.64 Å². The van der Waals surface area contributed by atoms with Crippen molar-refractivity contribution < 1.29 is 4.74 Å². The number of hydrogen-bond acceptors (Lipinski definition) is 5. The summed E-state index contributed by atoms with van der Waals surface area (Å²) in [5, 5.41) is 5.61. The third-order valence-corrected chi connectivity index (χ3v) is 4.26. The SMILES string of the molecule is CCn1ncc2c(N3C[C@H]4CC[C@@H](C3)O4)nc(Cl)nc21. The fraction of sp³-hybridized carbons (Fsp3) is 0.615. The van der Waals surface area contributed by atoms with Crippen LogP contribution in [-0.2, 0) is 11.3 Å². The highest BCUT2D eigenvalue weighted by molar-refractivity contribution is 6.28. The minimum absolute atomic E-state index is 0.279. The second-order valence-electron chi connectivity index (χ2n) is 5.38. The van der Waals surface area contributed by atoms with Crippen LogP contribution in [0.3, 0.4) is 0 Å². The number of nitrogens with zero attached hydrogens (tertiary/aromatic N) is 5. The molecule has 0 radical (unpaired) electrons. The number of anilines is 1. The van der Waals surface area contributed by atoms with Crippen LogP contribution in [-0.4, -0.2) is 45.0 Å². The van der Waals surface area contributed by atoms with E-state index in [-0.39, 0.29) is 5.28 Å². The van der Waals surface area contributed by atoms with Gasteiger partial charge in [-0.25, -0.2) is 4.68 Å². The Morgan fingerprint density at radius 3 is 2.75 bits per heavy atom. The van der Waals surface area contributed by atoms with Gasteiger partial charge in [-0.3, -0.25) is 0 Å². The van der Waals surface area contributed by atoms with E-state index in [1.807, 2.05) is 17.8 Å². The lowest BCUT2D eigenvalue weighted by molar-refractivity contribution is 0.0303. The van der Waals surface area contributed by atoms with E-state index in [9.17, 15) is 0 Å². The molecule has 0 spiro atoms. The third-order valence-electron chi connectivity index (χ3n) is 4.09. The van der Waals surface area contributed by atoms with Gasteiger partial charge in [0.2, 0.25) is 5.28 Å². The number of hydrogen-bond donors (Lipinski definition) is 0. The summed E-state index contributed by atoms with van der Waals surface area (Å²) in [6.07, 6.45) is 4.74. The molecule has 0 unspecified atom stereocenters. The van der Waals surface area contributed by atoms with Crippen LogP contribution in [0.2, 0.25) is 5.28 Å². The van der Waals surface area contributed by atoms with E-state index >= 15 is 0 Å². The number of halogens is 1. The molecule has 2 fully saturated rings. The van der Waals surface area contributed by atoms with Crippen molar-refractivity contribution in [3.05, 3.63) is 11.5 Å². The van der Waals surface area contributed by atoms with Crippen LogP contribution in [0.5, 0.6) is 0 Å². The van der Waals surface area contributed by atoms with Gasteiger partial charge in [-0.05, 0) is 31.4 Å². The average molecular weight is 294 g/mol. The summed E-state index contributed by atoms with van der Waals surface area (Å²) >= 11 is 6.10. The smallest absolute Gasteiger partial charge is 0.226 e. The first-order valence-electron chi connectivity index (χ1n) is 7.04. The van der Waals surface area contributed by atoms with Crippen LogP contribution < -0.4 is 4.90 Å². The summed E-state index contributed by atoms with van der Waals surface area (Å²) in [5.41, 5.74) is 0.807. The summed E-state index contributed by atoms with van der Waals surface area (Å²) in [5.74, 6) is 0.889. The first-order chi connectivity index (χ1) is 9.74. The molecule has 2 bridgehead atoms. The molecule has 6 nitrogen and oxygen atoms in total. The van der Waals surface area contributed by atoms with E-state index in [1.54, 1.807) is 0 Å². The number of ether oxygens (including phenoxy) is 1. The van der Waals surface area contributed by atoms with Crippen LogP contribution >= 0.6 is 11.6 Å². The van der Waals surface area contributed by atoms with Crippen molar-refractivity contribution in [1.29, 1.82) is 0 Å². The molecule has 20 heavy (non-hydrogen) atoms. The zero-order valence-electron chi connectivity index (χ0n) is 11.3. The Bertz CT molecular complexity index is 645. The Balaban J connectivity index is 1.81. The van der Waals surface area contributed by atoms with Gasteiger partial charge in [0, 0.05) is 19.6 Å². The summed E-state index contributed by atoms with van der Waals surface area (Å²) in [4.78, 5) is 11.0. The zero-order chi connectivity index (χ0) is 13.7. The molecular weight excluding hydrogens is 278 g/mol. The van der Waals surface area contributed by atoms with Gasteiger partial charge in [0.1, 0.15) is 5.82 Å². The molecule has 2 aliphatic heterocycles. The molecule has 7 heteroatoms. The van der Waals surface area contributed by atoms with Crippen molar-refractivity contribution in [2.45, 2.75) is 38.5 Å². The minimum atomic E-state index is 0.279. The van der Waals surface area contributed by atoms with E-state index < -0.39 is 0 Å². The first-order valence-corrected chi connectivity index (χ1v) is 7.42. The predicted molar refractivity (Wildman–Crippen MR) is 76.1 cm³/mol. The second kappa shape index (κ2) is 4.56. The van der Waals surface area contributed by atoms with Gasteiger partial charge >= 0.3 is 0 Å². The third kappa shape index (κ3) is 1.86. The maximum Gasteiger partial charge on any atom is 0.226 e. The molecule has 2 saturated heterocycles. The molecular formula is C13H16ClN5O. The normalized spacial score (nSPS) is 25.6. The van der Waals surface area contributed by atoms with Crippen molar-refractivity contribution >= 4 is 28.5 Å². The lowest BCUT2D eigenvalue weighted by atomic mass is 10.2. The Morgan fingerprint density at radius 1 is 1.30 bits per heavy atom. The molecule has 0 amide bonds. The van der Waals surface area contributed by atoms with E-state index in [4.69, 9.17) is 16.3 Å². The lowest BCUT2D eigenvalue weighted by Gasteiger charge is -2.33. The van der Waals surface area contributed by atoms with E-state index in [1.165, 1.54) is 0 Å². The highest BCUT2D eigenvalue weighted by Crippen LogP contribution is 2.32. The molecule has 2 aliphatic rings. The second-order valence-corrected chi connectivity index (χ2v) is 5.71. The summed E-state index contributed by atoms with van der Waals surface area (Å²) in [6, 6.07) is 0. The summed E-state index contributed by atoms with van der Waals surface area (Å²) in [7, 11) is 0. The molecule has 0 N–H and O–H groups in total. The van der Waals surface area contributed by atoms with E-state index in [2.05, 4.69) is 20.0 Å². The van der Waals surface area contributed by atoms with Crippen LogP contribution in [0.1, 0.15) is 19.8 Å². The van der Waals surface area contributed by atoms with Crippen molar-refractivity contribution in [2.75, 3.05) is 18.0 Å². The fourth-order valence-electron chi connectivity index (χ4n) is 3.17. The number of morpholine rings is 1. The molecule has 106 valence electrons. The topological polar surface area (TPSA) is 56.1 Å². The van der Waals surface area contributed by atoms with E-state index in [0.717, 1.165) is 49.3 Å². The van der Waals surface area contributed by atoms with Gasteiger partial charge in [-0.2, -0.15) is 15.1 Å². The number of aromatic nitrogens is 4. The Kier molecular flexibility index (Phi) is 2.82. The molecule has 4 heterocycles. The molecule has 0 saturated carbocycles. The van der Waals surface area contributed by atoms with Gasteiger partial charge in [0.15, 0.2) is 5.65 Å². The molecule has 0 aliphatic carbocycles. The molecule has 2 aromatic rings. The van der Waals surface area contributed by atoms with Gasteiger partial charge in [-0.1, -0.05) is 0 Å². The number of rotatable bonds is 2. The zero-order valence-corrected chi connectivity index (χ0v) is 12.0. The molecule has 2 aromatic heterocycles. The number of aryl methyl sites for hydroxylation is 1. The van der Waals surface area contributed by atoms with Gasteiger partial charge in [0.05, 0.1) is 23.8 Å². The van der Waals surface area contributed by atoms with Crippen molar-refractivity contribution in [2.24, 2.45) is 0 Å². The largest absolute Gasteiger partial charge is 0.371 e. The van der Waals surface area contributed by atoms with Crippen molar-refractivity contribution in [1.82, 2.24) is 19.7 Å². The maximum absolute atomic E-state index is 6.10. The predicted octanol–water partition coefficient (Wildman–Crippen LogP) is 1.87. The van der Waals surface area contributed by atoms with Crippen molar-refractivity contribution in [3.63, 3.8) is 0 Å². The van der Waals surface area contributed by atoms with Crippen molar-refractivity contribution in [3.8, 4) is 0 Å². The fourth-order valence-corrected chi connectivity index (χ4v) is 3.33. The first kappa shape index (κ1) is 12.3. The Hall–Kier alpha value is -1.40. The number of fused-ring (bicyclic) bond motifs is 3. The highest BCUT2D eigenvalue weighted by atomic mass is 35.5. The highest BCUT2D eigenvalue weighted by Gasteiger charge is 2.35. The Morgan fingerprint density at radius 2 is 2.05 bits per heavy atom. The quantitative estimate of drug-likeness (QED) is 0.791. The maximum atomic E-state index is 6.10. The van der Waals surface area contributed by atoms with Crippen LogP contribution in [0.15, 0.2) is 6.20 Å². The van der Waals surface area contributed by atoms with E-state index in [0.29, 0.717) is 12.2 Å². The van der Waals surface area contributed by atoms with Crippen LogP contribution in [0, 0.1) is 0 Å². The minimum Gasteiger partial charge on any atom is -0.371 e. The van der Waals surface area contributed by atoms with Gasteiger partial charge in [0.25, 0.3) is 0 Å². The van der Waals surface area contributed by atoms with Crippen LogP contribution in [0.4, 0.5) is 5.82 Å². The monoisotopic (exact) mass is 293 g/mol. The molecule has 0 aromatic carbocycles. The lowest BCUT2D eigenvalue weighted by Crippen LogP contribution is -2.43. The van der Waals surface area contributed by atoms with Crippen LogP contribution in [0.25, 0.3) is 11.0 Å². The van der Waals surface area contributed by atoms with Gasteiger partial charge in [-0.15, -0.1) is 0 Å². The summed E-state index contributed by atoms with van der Waals surface area (Å²) in [6.45, 7) is 4.55. The summed E-state index contributed by atoms with van der Waals surface area (Å²) < 4.78 is 7.73. The molecule has 4 rings (SSSR count). The standard InChI is InChI=1S/C13H16ClN5O/c1-2-19-12-10(5-15-19)11(16-13(14)17-12)18-6-8-3-4-9(7-18)20-8/h5,8-9H,2-4,6-7H2,1H3/t8-,9+. The molecule has 2 atom stereocenters. The Labute approximate surface area is 121 Å².